The largest absolute Gasteiger partial charge is 0.452 e. The average molecular weight is 395 g/mol. The van der Waals surface area contributed by atoms with Crippen LogP contribution < -0.4 is 5.32 Å². The highest BCUT2D eigenvalue weighted by atomic mass is 19.4. The van der Waals surface area contributed by atoms with Gasteiger partial charge in [-0.15, -0.1) is 0 Å². The van der Waals surface area contributed by atoms with Crippen LogP contribution >= 0.6 is 0 Å². The summed E-state index contributed by atoms with van der Waals surface area (Å²) in [5, 5.41) is 2.11. The van der Waals surface area contributed by atoms with Crippen LogP contribution in [-0.2, 0) is 27.1 Å². The number of carbonyl (C=O) groups excluding carboxylic acids is 2. The Balaban J connectivity index is 1.90. The third kappa shape index (κ3) is 6.38. The van der Waals surface area contributed by atoms with Gasteiger partial charge in [-0.2, -0.15) is 13.2 Å². The van der Waals surface area contributed by atoms with E-state index in [1.165, 1.54) is 24.3 Å². The lowest BCUT2D eigenvalue weighted by Gasteiger charge is -2.13. The maximum Gasteiger partial charge on any atom is 0.418 e. The summed E-state index contributed by atoms with van der Waals surface area (Å²) in [5.41, 5.74) is -0.289. The number of hydrogen-bond acceptors (Lipinski definition) is 4. The van der Waals surface area contributed by atoms with Crippen LogP contribution in [0, 0.1) is 0 Å². The van der Waals surface area contributed by atoms with E-state index in [2.05, 4.69) is 5.32 Å². The van der Waals surface area contributed by atoms with Gasteiger partial charge in [-0.25, -0.2) is 4.79 Å². The lowest BCUT2D eigenvalue weighted by Crippen LogP contribution is -2.22. The van der Waals surface area contributed by atoms with Crippen LogP contribution in [0.4, 0.5) is 18.9 Å². The molecule has 2 rings (SSSR count). The Labute approximate surface area is 160 Å². The molecule has 1 N–H and O–H groups in total. The molecule has 0 saturated carbocycles. The zero-order valence-electron chi connectivity index (χ0n) is 15.4. The number of carbonyl (C=O) groups is 2. The number of alkyl halides is 3. The first-order chi connectivity index (χ1) is 13.2. The lowest BCUT2D eigenvalue weighted by atomic mass is 10.1. The smallest absolute Gasteiger partial charge is 0.418 e. The molecule has 0 saturated heterocycles. The van der Waals surface area contributed by atoms with E-state index in [1.54, 1.807) is 12.1 Å². The SMILES string of the molecule is CC(C)OCc1ccc(C(=O)OCC(=O)Nc2ccccc2C(F)(F)F)cc1. The highest BCUT2D eigenvalue weighted by Gasteiger charge is 2.33. The van der Waals surface area contributed by atoms with Crippen LogP contribution in [0.1, 0.15) is 35.3 Å². The summed E-state index contributed by atoms with van der Waals surface area (Å²) >= 11 is 0. The van der Waals surface area contributed by atoms with Crippen molar-refractivity contribution in [3.8, 4) is 0 Å². The van der Waals surface area contributed by atoms with Gasteiger partial charge in [0, 0.05) is 0 Å². The number of benzene rings is 2. The van der Waals surface area contributed by atoms with Gasteiger partial charge in [0.1, 0.15) is 0 Å². The van der Waals surface area contributed by atoms with E-state index in [0.717, 1.165) is 17.7 Å². The Hall–Kier alpha value is -2.87. The van der Waals surface area contributed by atoms with Crippen LogP contribution in [0.15, 0.2) is 48.5 Å². The Morgan fingerprint density at radius 1 is 1.04 bits per heavy atom. The van der Waals surface area contributed by atoms with Crippen molar-refractivity contribution in [1.82, 2.24) is 0 Å². The van der Waals surface area contributed by atoms with Crippen LogP contribution in [0.2, 0.25) is 0 Å². The van der Waals surface area contributed by atoms with Crippen molar-refractivity contribution < 1.29 is 32.2 Å². The number of hydrogen-bond donors (Lipinski definition) is 1. The zero-order valence-corrected chi connectivity index (χ0v) is 15.4. The highest BCUT2D eigenvalue weighted by molar-refractivity contribution is 5.96. The van der Waals surface area contributed by atoms with Gasteiger partial charge < -0.3 is 14.8 Å². The topological polar surface area (TPSA) is 64.6 Å². The molecule has 1 amide bonds. The summed E-state index contributed by atoms with van der Waals surface area (Å²) in [5.74, 6) is -1.62. The molecule has 0 fully saturated rings. The van der Waals surface area contributed by atoms with Crippen molar-refractivity contribution in [1.29, 1.82) is 0 Å². The number of esters is 1. The molecule has 0 bridgehead atoms. The normalized spacial score (nSPS) is 11.4. The van der Waals surface area contributed by atoms with E-state index in [0.29, 0.717) is 6.61 Å². The molecule has 0 aliphatic rings. The molecule has 0 aliphatic carbocycles. The molecule has 28 heavy (non-hydrogen) atoms. The molecule has 0 aromatic heterocycles. The quantitative estimate of drug-likeness (QED) is 0.705. The number of para-hydroxylation sites is 1. The van der Waals surface area contributed by atoms with E-state index in [9.17, 15) is 22.8 Å². The van der Waals surface area contributed by atoms with E-state index in [1.807, 2.05) is 13.8 Å². The molecule has 0 unspecified atom stereocenters. The van der Waals surface area contributed by atoms with E-state index >= 15 is 0 Å². The first-order valence-electron chi connectivity index (χ1n) is 8.50. The molecule has 150 valence electrons. The van der Waals surface area contributed by atoms with Crippen LogP contribution in [0.5, 0.6) is 0 Å². The molecular formula is C20H20F3NO4. The van der Waals surface area contributed by atoms with E-state index in [-0.39, 0.29) is 11.7 Å². The first-order valence-corrected chi connectivity index (χ1v) is 8.50. The van der Waals surface area contributed by atoms with Gasteiger partial charge in [-0.05, 0) is 43.7 Å². The number of nitrogens with one attached hydrogen (secondary N) is 1. The minimum absolute atomic E-state index is 0.0747. The van der Waals surface area contributed by atoms with E-state index < -0.39 is 35.9 Å². The van der Waals surface area contributed by atoms with Crippen molar-refractivity contribution in [3.63, 3.8) is 0 Å². The fourth-order valence-corrected chi connectivity index (χ4v) is 2.24. The zero-order chi connectivity index (χ0) is 20.7. The number of anilines is 1. The molecule has 0 spiro atoms. The number of rotatable bonds is 7. The average Bonchev–Trinajstić information content (AvgIpc) is 2.64. The minimum Gasteiger partial charge on any atom is -0.452 e. The van der Waals surface area contributed by atoms with Gasteiger partial charge in [0.05, 0.1) is 29.5 Å². The molecular weight excluding hydrogens is 375 g/mol. The van der Waals surface area contributed by atoms with Crippen molar-refractivity contribution in [2.45, 2.75) is 32.7 Å². The third-order valence-corrected chi connectivity index (χ3v) is 3.61. The van der Waals surface area contributed by atoms with E-state index in [4.69, 9.17) is 9.47 Å². The Kier molecular flexibility index (Phi) is 7.17. The van der Waals surface area contributed by atoms with Gasteiger partial charge in [0.15, 0.2) is 6.61 Å². The summed E-state index contributed by atoms with van der Waals surface area (Å²) in [4.78, 5) is 23.8. The number of halogens is 3. The Morgan fingerprint density at radius 2 is 1.68 bits per heavy atom. The summed E-state index contributed by atoms with van der Waals surface area (Å²) < 4.78 is 49.1. The van der Waals surface area contributed by atoms with Gasteiger partial charge in [-0.1, -0.05) is 24.3 Å². The van der Waals surface area contributed by atoms with Gasteiger partial charge in [0.25, 0.3) is 5.91 Å². The molecule has 0 heterocycles. The van der Waals surface area contributed by atoms with Crippen LogP contribution in [-0.4, -0.2) is 24.6 Å². The maximum atomic E-state index is 12.9. The maximum absolute atomic E-state index is 12.9. The van der Waals surface area contributed by atoms with Gasteiger partial charge in [0.2, 0.25) is 0 Å². The Morgan fingerprint density at radius 3 is 2.29 bits per heavy atom. The van der Waals surface area contributed by atoms with Gasteiger partial charge in [-0.3, -0.25) is 4.79 Å². The first kappa shape index (κ1) is 21.4. The molecule has 0 aliphatic heterocycles. The summed E-state index contributed by atoms with van der Waals surface area (Å²) in [6, 6.07) is 11.0. The lowest BCUT2D eigenvalue weighted by molar-refractivity contribution is -0.137. The second kappa shape index (κ2) is 9.36. The number of ether oxygens (including phenoxy) is 2. The van der Waals surface area contributed by atoms with Crippen LogP contribution in [0.25, 0.3) is 0 Å². The molecule has 0 atom stereocenters. The fraction of sp³-hybridized carbons (Fsp3) is 0.300. The van der Waals surface area contributed by atoms with Crippen LogP contribution in [0.3, 0.4) is 0 Å². The molecule has 8 heteroatoms. The van der Waals surface area contributed by atoms with Crippen molar-refractivity contribution in [2.75, 3.05) is 11.9 Å². The monoisotopic (exact) mass is 395 g/mol. The number of amides is 1. The Bertz CT molecular complexity index is 817. The van der Waals surface area contributed by atoms with Crippen molar-refractivity contribution in [3.05, 3.63) is 65.2 Å². The second-order valence-corrected chi connectivity index (χ2v) is 6.22. The summed E-state index contributed by atoms with van der Waals surface area (Å²) in [6.07, 6.45) is -4.53. The minimum atomic E-state index is -4.61. The summed E-state index contributed by atoms with van der Waals surface area (Å²) in [7, 11) is 0. The summed E-state index contributed by atoms with van der Waals surface area (Å²) in [6.45, 7) is 3.50. The predicted octanol–water partition coefficient (Wildman–Crippen LogP) is 4.43. The third-order valence-electron chi connectivity index (χ3n) is 3.61. The second-order valence-electron chi connectivity index (χ2n) is 6.22. The highest BCUT2D eigenvalue weighted by Crippen LogP contribution is 2.34. The molecule has 0 radical (unpaired) electrons. The van der Waals surface area contributed by atoms with Gasteiger partial charge >= 0.3 is 12.1 Å². The predicted molar refractivity (Wildman–Crippen MR) is 96.7 cm³/mol. The molecule has 5 nitrogen and oxygen atoms in total. The molecule has 2 aromatic rings. The standard InChI is InChI=1S/C20H20F3NO4/c1-13(2)27-11-14-7-9-15(10-8-14)19(26)28-12-18(25)24-17-6-4-3-5-16(17)20(21,22)23/h3-10,13H,11-12H2,1-2H3,(H,24,25). The molecule has 2 aromatic carbocycles. The fourth-order valence-electron chi connectivity index (χ4n) is 2.24. The van der Waals surface area contributed by atoms with Crippen molar-refractivity contribution >= 4 is 17.6 Å². The van der Waals surface area contributed by atoms with Crippen molar-refractivity contribution in [2.24, 2.45) is 0 Å².